The van der Waals surface area contributed by atoms with Gasteiger partial charge in [0.25, 0.3) is 0 Å². The van der Waals surface area contributed by atoms with Gasteiger partial charge < -0.3 is 11.5 Å². The van der Waals surface area contributed by atoms with Crippen LogP contribution in [0, 0.1) is 5.82 Å². The van der Waals surface area contributed by atoms with E-state index >= 15 is 0 Å². The van der Waals surface area contributed by atoms with E-state index in [4.69, 9.17) is 11.5 Å². The van der Waals surface area contributed by atoms with Crippen LogP contribution >= 0.6 is 11.3 Å². The highest BCUT2D eigenvalue weighted by molar-refractivity contribution is 7.14. The Morgan fingerprint density at radius 1 is 1.16 bits per heavy atom. The van der Waals surface area contributed by atoms with Crippen LogP contribution in [0.5, 0.6) is 0 Å². The summed E-state index contributed by atoms with van der Waals surface area (Å²) in [6, 6.07) is 6.00. The molecular weight excluding hydrogens is 269 g/mol. The molecule has 0 aliphatic heterocycles. The van der Waals surface area contributed by atoms with E-state index in [1.165, 1.54) is 40.6 Å². The molecule has 5 nitrogen and oxygen atoms in total. The maximum atomic E-state index is 12.9. The second-order valence-electron chi connectivity index (χ2n) is 3.69. The van der Waals surface area contributed by atoms with Crippen molar-refractivity contribution in [1.29, 1.82) is 0 Å². The summed E-state index contributed by atoms with van der Waals surface area (Å²) in [7, 11) is 0. The quantitative estimate of drug-likeness (QED) is 0.901. The molecule has 2 aromatic rings. The summed E-state index contributed by atoms with van der Waals surface area (Å²) < 4.78 is 12.9. The van der Waals surface area contributed by atoms with Gasteiger partial charge in [-0.05, 0) is 30.3 Å². The molecule has 0 saturated carbocycles. The van der Waals surface area contributed by atoms with Gasteiger partial charge in [0.15, 0.2) is 0 Å². The molecule has 0 bridgehead atoms. The molecule has 0 aliphatic carbocycles. The van der Waals surface area contributed by atoms with Gasteiger partial charge in [-0.3, -0.25) is 9.69 Å². The van der Waals surface area contributed by atoms with Gasteiger partial charge in [-0.15, -0.1) is 11.3 Å². The smallest absolute Gasteiger partial charge is 0.324 e. The average Bonchev–Trinajstić information content (AvgIpc) is 2.81. The minimum absolute atomic E-state index is 0.286. The number of anilines is 2. The topological polar surface area (TPSA) is 89.4 Å². The Labute approximate surface area is 112 Å². The zero-order chi connectivity index (χ0) is 14.0. The molecule has 4 N–H and O–H groups in total. The van der Waals surface area contributed by atoms with Gasteiger partial charge in [-0.2, -0.15) is 0 Å². The summed E-state index contributed by atoms with van der Waals surface area (Å²) in [4.78, 5) is 23.7. The van der Waals surface area contributed by atoms with Crippen molar-refractivity contribution in [2.75, 3.05) is 4.90 Å². The van der Waals surface area contributed by atoms with E-state index in [1.54, 1.807) is 0 Å². The van der Waals surface area contributed by atoms with Gasteiger partial charge in [0.05, 0.1) is 11.3 Å². The van der Waals surface area contributed by atoms with Gasteiger partial charge in [0.2, 0.25) is 5.91 Å². The van der Waals surface area contributed by atoms with Gasteiger partial charge in [-0.25, -0.2) is 9.18 Å². The Hall–Kier alpha value is -2.41. The first kappa shape index (κ1) is 13.0. The molecule has 0 radical (unpaired) electrons. The van der Waals surface area contributed by atoms with Crippen molar-refractivity contribution in [2.45, 2.75) is 0 Å². The van der Waals surface area contributed by atoms with Crippen LogP contribution in [0.25, 0.3) is 0 Å². The number of primary amides is 2. The first-order chi connectivity index (χ1) is 8.99. The second kappa shape index (κ2) is 5.07. The van der Waals surface area contributed by atoms with Gasteiger partial charge in [-0.1, -0.05) is 0 Å². The summed E-state index contributed by atoms with van der Waals surface area (Å²) in [5.74, 6) is -1.01. The molecule has 0 atom stereocenters. The van der Waals surface area contributed by atoms with Crippen molar-refractivity contribution in [3.8, 4) is 0 Å². The summed E-state index contributed by atoms with van der Waals surface area (Å²) in [5, 5.41) is 1.96. The highest BCUT2D eigenvalue weighted by Gasteiger charge is 2.18. The number of hydrogen-bond acceptors (Lipinski definition) is 3. The van der Waals surface area contributed by atoms with Crippen molar-refractivity contribution in [3.05, 3.63) is 47.1 Å². The molecule has 2 rings (SSSR count). The third kappa shape index (κ3) is 2.71. The number of carbonyl (C=O) groups is 2. The van der Waals surface area contributed by atoms with Crippen molar-refractivity contribution >= 4 is 34.0 Å². The number of urea groups is 1. The van der Waals surface area contributed by atoms with Crippen LogP contribution < -0.4 is 16.4 Å². The van der Waals surface area contributed by atoms with Crippen molar-refractivity contribution in [3.63, 3.8) is 0 Å². The fraction of sp³-hybridized carbons (Fsp3) is 0. The van der Waals surface area contributed by atoms with E-state index in [0.717, 1.165) is 11.3 Å². The third-order valence-corrected chi connectivity index (χ3v) is 3.31. The molecule has 1 heterocycles. The monoisotopic (exact) mass is 279 g/mol. The average molecular weight is 279 g/mol. The lowest BCUT2D eigenvalue weighted by Gasteiger charge is -2.18. The molecule has 0 unspecified atom stereocenters. The number of nitrogens with zero attached hydrogens (tertiary/aromatic N) is 1. The molecule has 0 aliphatic rings. The van der Waals surface area contributed by atoms with Gasteiger partial charge >= 0.3 is 6.03 Å². The highest BCUT2D eigenvalue weighted by Crippen LogP contribution is 2.31. The van der Waals surface area contributed by atoms with Crippen LogP contribution in [0.3, 0.4) is 0 Å². The first-order valence-electron chi connectivity index (χ1n) is 5.22. The lowest BCUT2D eigenvalue weighted by molar-refractivity contribution is 0.100. The normalized spacial score (nSPS) is 10.2. The number of thiophene rings is 1. The van der Waals surface area contributed by atoms with Crippen LogP contribution in [0.1, 0.15) is 10.4 Å². The van der Waals surface area contributed by atoms with E-state index in [2.05, 4.69) is 0 Å². The largest absolute Gasteiger partial charge is 0.366 e. The Morgan fingerprint density at radius 3 is 2.26 bits per heavy atom. The molecule has 0 fully saturated rings. The second-order valence-corrected chi connectivity index (χ2v) is 4.58. The minimum Gasteiger partial charge on any atom is -0.366 e. The Kier molecular flexibility index (Phi) is 3.48. The standard InChI is InChI=1S/C12H10FN3O2S/c13-8-1-3-9(4-2-8)16(12(15)18)10-5-7(6-19-10)11(14)17/h1-6H,(H2,14,17)(H2,15,18). The fourth-order valence-corrected chi connectivity index (χ4v) is 2.45. The Bertz CT molecular complexity index is 624. The van der Waals surface area contributed by atoms with Crippen molar-refractivity contribution < 1.29 is 14.0 Å². The summed E-state index contributed by atoms with van der Waals surface area (Å²) >= 11 is 1.14. The zero-order valence-electron chi connectivity index (χ0n) is 9.67. The highest BCUT2D eigenvalue weighted by atomic mass is 32.1. The molecule has 0 spiro atoms. The lowest BCUT2D eigenvalue weighted by Crippen LogP contribution is -2.30. The van der Waals surface area contributed by atoms with Crippen molar-refractivity contribution in [1.82, 2.24) is 0 Å². The van der Waals surface area contributed by atoms with E-state index in [1.807, 2.05) is 0 Å². The number of amides is 3. The van der Waals surface area contributed by atoms with Crippen molar-refractivity contribution in [2.24, 2.45) is 11.5 Å². The molecule has 19 heavy (non-hydrogen) atoms. The maximum Gasteiger partial charge on any atom is 0.324 e. The summed E-state index contributed by atoms with van der Waals surface area (Å²) in [6.07, 6.45) is 0. The van der Waals surface area contributed by atoms with E-state index in [0.29, 0.717) is 10.7 Å². The molecule has 1 aromatic heterocycles. The van der Waals surface area contributed by atoms with Crippen LogP contribution in [-0.4, -0.2) is 11.9 Å². The predicted molar refractivity (Wildman–Crippen MR) is 71.0 cm³/mol. The van der Waals surface area contributed by atoms with Gasteiger partial charge in [0.1, 0.15) is 10.8 Å². The molecule has 0 saturated heterocycles. The van der Waals surface area contributed by atoms with Crippen LogP contribution in [-0.2, 0) is 0 Å². The van der Waals surface area contributed by atoms with E-state index in [-0.39, 0.29) is 5.56 Å². The molecule has 98 valence electrons. The molecular formula is C12H10FN3O2S. The van der Waals surface area contributed by atoms with E-state index in [9.17, 15) is 14.0 Å². The number of benzene rings is 1. The number of nitrogens with two attached hydrogens (primary N) is 2. The summed E-state index contributed by atoms with van der Waals surface area (Å²) in [5.41, 5.74) is 11.1. The fourth-order valence-electron chi connectivity index (χ4n) is 1.52. The van der Waals surface area contributed by atoms with Crippen LogP contribution in [0.2, 0.25) is 0 Å². The number of halogens is 1. The third-order valence-electron chi connectivity index (χ3n) is 2.40. The SMILES string of the molecule is NC(=O)c1csc(N(C(N)=O)c2ccc(F)cc2)c1. The van der Waals surface area contributed by atoms with Gasteiger partial charge in [0, 0.05) is 5.38 Å². The molecule has 3 amide bonds. The zero-order valence-corrected chi connectivity index (χ0v) is 10.5. The number of carbonyl (C=O) groups excluding carboxylic acids is 2. The lowest BCUT2D eigenvalue weighted by atomic mass is 10.2. The summed E-state index contributed by atoms with van der Waals surface area (Å²) in [6.45, 7) is 0. The number of rotatable bonds is 3. The number of hydrogen-bond donors (Lipinski definition) is 2. The predicted octanol–water partition coefficient (Wildman–Crippen LogP) is 2.20. The Morgan fingerprint density at radius 2 is 1.79 bits per heavy atom. The van der Waals surface area contributed by atoms with Crippen LogP contribution in [0.4, 0.5) is 19.9 Å². The van der Waals surface area contributed by atoms with Crippen LogP contribution in [0.15, 0.2) is 35.7 Å². The van der Waals surface area contributed by atoms with E-state index < -0.39 is 17.8 Å². The molecule has 7 heteroatoms. The maximum absolute atomic E-state index is 12.9. The minimum atomic E-state index is -0.732. The first-order valence-corrected chi connectivity index (χ1v) is 6.10. The Balaban J connectivity index is 2.42. The molecule has 1 aromatic carbocycles.